The van der Waals surface area contributed by atoms with Crippen molar-refractivity contribution >= 4 is 17.3 Å². The Bertz CT molecular complexity index is 607. The molecule has 2 rings (SSSR count). The lowest BCUT2D eigenvalue weighted by Crippen LogP contribution is -2.38. The average Bonchev–Trinajstić information content (AvgIpc) is 2.80. The first-order valence-corrected chi connectivity index (χ1v) is 5.88. The van der Waals surface area contributed by atoms with Crippen molar-refractivity contribution < 1.29 is 22.7 Å². The standard InChI is InChI=1S/C13H13F3N2O2/c1-20-10-2-3-12-11(6-10)9(7-17-12)4-5-18(8-19)13(14,15)16/h2-3,6-8,17H,4-5H2,1H3. The number of carbonyl (C=O) groups is 1. The quantitative estimate of drug-likeness (QED) is 0.678. The number of carbonyl (C=O) groups excluding carboxylic acids is 1. The summed E-state index contributed by atoms with van der Waals surface area (Å²) in [5, 5.41) is 0.789. The number of alkyl halides is 3. The topological polar surface area (TPSA) is 45.3 Å². The second kappa shape index (κ2) is 5.44. The third-order valence-electron chi connectivity index (χ3n) is 3.05. The summed E-state index contributed by atoms with van der Waals surface area (Å²) in [7, 11) is 1.52. The summed E-state index contributed by atoms with van der Waals surface area (Å²) in [4.78, 5) is 13.3. The van der Waals surface area contributed by atoms with Gasteiger partial charge in [0, 0.05) is 23.6 Å². The van der Waals surface area contributed by atoms with E-state index in [0.29, 0.717) is 11.3 Å². The minimum atomic E-state index is -4.65. The molecule has 0 bridgehead atoms. The fourth-order valence-corrected chi connectivity index (χ4v) is 1.97. The van der Waals surface area contributed by atoms with Crippen LogP contribution in [0, 0.1) is 0 Å². The highest BCUT2D eigenvalue weighted by Gasteiger charge is 2.35. The predicted molar refractivity (Wildman–Crippen MR) is 67.4 cm³/mol. The normalized spacial score (nSPS) is 11.6. The Morgan fingerprint density at radius 1 is 1.40 bits per heavy atom. The second-order valence-corrected chi connectivity index (χ2v) is 4.24. The van der Waals surface area contributed by atoms with Crippen LogP contribution >= 0.6 is 0 Å². The van der Waals surface area contributed by atoms with Crippen LogP contribution in [0.1, 0.15) is 5.56 Å². The Morgan fingerprint density at radius 2 is 2.15 bits per heavy atom. The van der Waals surface area contributed by atoms with Crippen LogP contribution < -0.4 is 4.74 Å². The summed E-state index contributed by atoms with van der Waals surface area (Å²) >= 11 is 0. The van der Waals surface area contributed by atoms with E-state index in [1.807, 2.05) is 0 Å². The molecule has 4 nitrogen and oxygen atoms in total. The summed E-state index contributed by atoms with van der Waals surface area (Å²) < 4.78 is 42.4. The number of H-pyrrole nitrogens is 1. The maximum absolute atomic E-state index is 12.4. The molecular formula is C13H13F3N2O2. The van der Waals surface area contributed by atoms with Gasteiger partial charge in [-0.25, -0.2) is 0 Å². The van der Waals surface area contributed by atoms with E-state index < -0.39 is 12.8 Å². The van der Waals surface area contributed by atoms with Gasteiger partial charge in [-0.2, -0.15) is 0 Å². The van der Waals surface area contributed by atoms with E-state index in [9.17, 15) is 18.0 Å². The highest BCUT2D eigenvalue weighted by atomic mass is 19.4. The Hall–Kier alpha value is -2.18. The molecular weight excluding hydrogens is 273 g/mol. The van der Waals surface area contributed by atoms with Crippen LogP contribution in [-0.2, 0) is 11.2 Å². The van der Waals surface area contributed by atoms with E-state index in [1.165, 1.54) is 7.11 Å². The van der Waals surface area contributed by atoms with Gasteiger partial charge in [0.25, 0.3) is 0 Å². The Morgan fingerprint density at radius 3 is 2.75 bits per heavy atom. The summed E-state index contributed by atoms with van der Waals surface area (Å²) in [6, 6.07) is 5.30. The lowest BCUT2D eigenvalue weighted by Gasteiger charge is -2.19. The Labute approximate surface area is 113 Å². The Kier molecular flexibility index (Phi) is 3.87. The van der Waals surface area contributed by atoms with Gasteiger partial charge in [0.1, 0.15) is 5.75 Å². The van der Waals surface area contributed by atoms with E-state index in [0.717, 1.165) is 10.9 Å². The molecule has 0 atom stereocenters. The van der Waals surface area contributed by atoms with Crippen molar-refractivity contribution in [2.24, 2.45) is 0 Å². The number of methoxy groups -OCH3 is 1. The van der Waals surface area contributed by atoms with Crippen LogP contribution in [0.15, 0.2) is 24.4 Å². The van der Waals surface area contributed by atoms with Crippen LogP contribution in [0.2, 0.25) is 0 Å². The first kappa shape index (κ1) is 14.2. The SMILES string of the molecule is COc1ccc2[nH]cc(CCN(C=O)C(F)(F)F)c2c1. The number of rotatable bonds is 5. The van der Waals surface area contributed by atoms with E-state index in [2.05, 4.69) is 4.98 Å². The van der Waals surface area contributed by atoms with Crippen molar-refractivity contribution in [1.29, 1.82) is 0 Å². The largest absolute Gasteiger partial charge is 0.497 e. The van der Waals surface area contributed by atoms with Gasteiger partial charge in [0.05, 0.1) is 7.11 Å². The number of ether oxygens (including phenoxy) is 1. The lowest BCUT2D eigenvalue weighted by atomic mass is 10.1. The van der Waals surface area contributed by atoms with Gasteiger partial charge in [-0.3, -0.25) is 9.69 Å². The van der Waals surface area contributed by atoms with E-state index in [-0.39, 0.29) is 17.7 Å². The number of nitrogens with zero attached hydrogens (tertiary/aromatic N) is 1. The van der Waals surface area contributed by atoms with Gasteiger partial charge < -0.3 is 9.72 Å². The van der Waals surface area contributed by atoms with Crippen molar-refractivity contribution in [1.82, 2.24) is 9.88 Å². The highest BCUT2D eigenvalue weighted by molar-refractivity contribution is 5.84. The number of fused-ring (bicyclic) bond motifs is 1. The van der Waals surface area contributed by atoms with Crippen LogP contribution in [0.25, 0.3) is 10.9 Å². The molecule has 0 fully saturated rings. The third kappa shape index (κ3) is 2.87. The maximum atomic E-state index is 12.4. The molecule has 0 radical (unpaired) electrons. The molecule has 0 saturated carbocycles. The number of aromatic nitrogens is 1. The van der Waals surface area contributed by atoms with Gasteiger partial charge in [-0.1, -0.05) is 0 Å². The molecule has 1 amide bonds. The van der Waals surface area contributed by atoms with Crippen LogP contribution in [0.3, 0.4) is 0 Å². The monoisotopic (exact) mass is 286 g/mol. The minimum Gasteiger partial charge on any atom is -0.497 e. The smallest absolute Gasteiger partial charge is 0.486 e. The van der Waals surface area contributed by atoms with Crippen molar-refractivity contribution in [2.45, 2.75) is 12.7 Å². The molecule has 1 heterocycles. The molecule has 1 aromatic heterocycles. The molecule has 0 saturated heterocycles. The van der Waals surface area contributed by atoms with Gasteiger partial charge in [-0.15, -0.1) is 13.2 Å². The molecule has 0 unspecified atom stereocenters. The molecule has 20 heavy (non-hydrogen) atoms. The minimum absolute atomic E-state index is 0.103. The van der Waals surface area contributed by atoms with Crippen molar-refractivity contribution in [3.8, 4) is 5.75 Å². The Balaban J connectivity index is 2.19. The molecule has 2 aromatic rings. The molecule has 0 aliphatic carbocycles. The fraction of sp³-hybridized carbons (Fsp3) is 0.308. The second-order valence-electron chi connectivity index (χ2n) is 4.24. The van der Waals surface area contributed by atoms with Crippen LogP contribution in [0.4, 0.5) is 13.2 Å². The molecule has 1 N–H and O–H groups in total. The zero-order valence-electron chi connectivity index (χ0n) is 10.7. The van der Waals surface area contributed by atoms with E-state index in [1.54, 1.807) is 24.4 Å². The molecule has 0 spiro atoms. The molecule has 0 aliphatic heterocycles. The summed E-state index contributed by atoms with van der Waals surface area (Å²) in [5.41, 5.74) is 1.51. The highest BCUT2D eigenvalue weighted by Crippen LogP contribution is 2.25. The number of halogens is 3. The van der Waals surface area contributed by atoms with E-state index in [4.69, 9.17) is 4.74 Å². The van der Waals surface area contributed by atoms with Crippen molar-refractivity contribution in [3.05, 3.63) is 30.0 Å². The molecule has 108 valence electrons. The first-order chi connectivity index (χ1) is 9.45. The van der Waals surface area contributed by atoms with Gasteiger partial charge in [0.15, 0.2) is 0 Å². The fourth-order valence-electron chi connectivity index (χ4n) is 1.97. The van der Waals surface area contributed by atoms with Gasteiger partial charge in [0.2, 0.25) is 6.41 Å². The zero-order valence-corrected chi connectivity index (χ0v) is 10.7. The first-order valence-electron chi connectivity index (χ1n) is 5.88. The predicted octanol–water partition coefficient (Wildman–Crippen LogP) is 2.70. The molecule has 7 heteroatoms. The number of hydrogen-bond donors (Lipinski definition) is 1. The number of nitrogens with one attached hydrogen (secondary N) is 1. The van der Waals surface area contributed by atoms with Gasteiger partial charge in [-0.05, 0) is 30.2 Å². The summed E-state index contributed by atoms with van der Waals surface area (Å²) in [6.45, 7) is -0.419. The van der Waals surface area contributed by atoms with Crippen molar-refractivity contribution in [3.63, 3.8) is 0 Å². The number of benzene rings is 1. The number of hydrogen-bond acceptors (Lipinski definition) is 2. The van der Waals surface area contributed by atoms with Crippen molar-refractivity contribution in [2.75, 3.05) is 13.7 Å². The molecule has 0 aliphatic rings. The lowest BCUT2D eigenvalue weighted by molar-refractivity contribution is -0.233. The van der Waals surface area contributed by atoms with Crippen LogP contribution in [0.5, 0.6) is 5.75 Å². The maximum Gasteiger partial charge on any atom is 0.486 e. The van der Waals surface area contributed by atoms with E-state index >= 15 is 0 Å². The summed E-state index contributed by atoms with van der Waals surface area (Å²) in [6.07, 6.45) is -3.10. The van der Waals surface area contributed by atoms with Gasteiger partial charge >= 0.3 is 6.30 Å². The summed E-state index contributed by atoms with van der Waals surface area (Å²) in [5.74, 6) is 0.626. The molecule has 1 aromatic carbocycles. The number of aromatic amines is 1. The average molecular weight is 286 g/mol. The zero-order chi connectivity index (χ0) is 14.8. The number of amides is 1. The third-order valence-corrected chi connectivity index (χ3v) is 3.05. The van der Waals surface area contributed by atoms with Crippen LogP contribution in [-0.4, -0.2) is 36.2 Å².